The monoisotopic (exact) mass is 616 g/mol. The molecule has 43 heavy (non-hydrogen) atoms. The number of alkyl halides is 3. The number of hydrazone groups is 1. The Morgan fingerprint density at radius 1 is 0.977 bits per heavy atom. The minimum Gasteiger partial charge on any atom is -0.379 e. The lowest BCUT2D eigenvalue weighted by atomic mass is 9.98. The van der Waals surface area contributed by atoms with Crippen LogP contribution in [0.2, 0.25) is 5.02 Å². The highest BCUT2D eigenvalue weighted by Gasteiger charge is 2.36. The molecule has 0 aliphatic carbocycles. The van der Waals surface area contributed by atoms with E-state index in [0.29, 0.717) is 49.1 Å². The Morgan fingerprint density at radius 3 is 2.33 bits per heavy atom. The third-order valence-corrected chi connectivity index (χ3v) is 7.81. The van der Waals surface area contributed by atoms with Gasteiger partial charge in [0.2, 0.25) is 0 Å². The summed E-state index contributed by atoms with van der Waals surface area (Å²) >= 11 is 6.41. The topological polar surface area (TPSA) is 65.5 Å². The van der Waals surface area contributed by atoms with Crippen molar-refractivity contribution in [2.45, 2.75) is 18.6 Å². The maximum Gasteiger partial charge on any atom is 0.416 e. The lowest BCUT2D eigenvalue weighted by Gasteiger charge is -2.31. The Bertz CT molecular complexity index is 1490. The Kier molecular flexibility index (Phi) is 9.43. The van der Waals surface area contributed by atoms with Crippen LogP contribution in [-0.2, 0) is 15.7 Å². The minimum atomic E-state index is -4.55. The van der Waals surface area contributed by atoms with Crippen LogP contribution in [0.25, 0.3) is 0 Å². The van der Waals surface area contributed by atoms with E-state index < -0.39 is 42.0 Å². The fourth-order valence-electron chi connectivity index (χ4n) is 5.15. The van der Waals surface area contributed by atoms with Crippen LogP contribution in [0.3, 0.4) is 0 Å². The quantitative estimate of drug-likeness (QED) is 0.307. The predicted molar refractivity (Wildman–Crippen MR) is 153 cm³/mol. The normalized spacial score (nSPS) is 17.6. The van der Waals surface area contributed by atoms with E-state index in [1.54, 1.807) is 42.5 Å². The second kappa shape index (κ2) is 13.2. The van der Waals surface area contributed by atoms with Crippen molar-refractivity contribution in [3.8, 4) is 0 Å². The van der Waals surface area contributed by atoms with Crippen LogP contribution in [0.1, 0.15) is 39.5 Å². The zero-order valence-corrected chi connectivity index (χ0v) is 23.8. The molecule has 1 atom stereocenters. The molecule has 0 bridgehead atoms. The molecule has 1 saturated heterocycles. The highest BCUT2D eigenvalue weighted by molar-refractivity contribution is 6.34. The third kappa shape index (κ3) is 7.23. The molecular formula is C31H29ClF4N4O3. The number of hydrogen-bond donors (Lipinski definition) is 0. The average molecular weight is 617 g/mol. The van der Waals surface area contributed by atoms with Gasteiger partial charge in [0.1, 0.15) is 12.4 Å². The van der Waals surface area contributed by atoms with Crippen molar-refractivity contribution in [3.05, 3.63) is 106 Å². The number of nitrogens with zero attached hydrogens (tertiary/aromatic N) is 4. The van der Waals surface area contributed by atoms with E-state index in [1.807, 2.05) is 0 Å². The summed E-state index contributed by atoms with van der Waals surface area (Å²) in [4.78, 5) is 30.8. The standard InChI is InChI=1S/C31H29ClF4N4O3/c32-25-7-3-1-5-23(25)27-19-28(24-6-2-4-8-26(24)33)40(37-27)29(41)20-39(14-13-38-15-17-43-18-16-38)30(42)21-9-11-22(12-10-21)31(34,35)36/h1-12,28H,13-20H2/t28-/m0/s1. The molecule has 0 unspecified atom stereocenters. The van der Waals surface area contributed by atoms with Gasteiger partial charge in [-0.2, -0.15) is 18.3 Å². The summed E-state index contributed by atoms with van der Waals surface area (Å²) in [6, 6.07) is 16.2. The van der Waals surface area contributed by atoms with Gasteiger partial charge in [-0.25, -0.2) is 9.40 Å². The largest absolute Gasteiger partial charge is 0.416 e. The smallest absolute Gasteiger partial charge is 0.379 e. The van der Waals surface area contributed by atoms with Crippen LogP contribution in [0.15, 0.2) is 77.9 Å². The number of carbonyl (C=O) groups is 2. The predicted octanol–water partition coefficient (Wildman–Crippen LogP) is 5.65. The summed E-state index contributed by atoms with van der Waals surface area (Å²) in [5.41, 5.74) is 0.476. The zero-order chi connectivity index (χ0) is 30.6. The molecule has 2 aliphatic rings. The van der Waals surface area contributed by atoms with Gasteiger partial charge in [0.25, 0.3) is 11.8 Å². The van der Waals surface area contributed by atoms with Gasteiger partial charge in [-0.3, -0.25) is 14.5 Å². The molecule has 3 aromatic rings. The fraction of sp³-hybridized carbons (Fsp3) is 0.323. The van der Waals surface area contributed by atoms with E-state index in [-0.39, 0.29) is 24.1 Å². The van der Waals surface area contributed by atoms with Crippen molar-refractivity contribution >= 4 is 29.1 Å². The van der Waals surface area contributed by atoms with Crippen molar-refractivity contribution in [3.63, 3.8) is 0 Å². The number of halogens is 5. The van der Waals surface area contributed by atoms with Crippen LogP contribution in [0, 0.1) is 5.82 Å². The van der Waals surface area contributed by atoms with Crippen LogP contribution in [0.5, 0.6) is 0 Å². The molecule has 0 spiro atoms. The zero-order valence-electron chi connectivity index (χ0n) is 23.1. The molecular weight excluding hydrogens is 588 g/mol. The summed E-state index contributed by atoms with van der Waals surface area (Å²) in [7, 11) is 0. The van der Waals surface area contributed by atoms with E-state index in [2.05, 4.69) is 10.0 Å². The number of rotatable bonds is 8. The summed E-state index contributed by atoms with van der Waals surface area (Å²) < 4.78 is 59.7. The van der Waals surface area contributed by atoms with E-state index in [4.69, 9.17) is 16.3 Å². The van der Waals surface area contributed by atoms with E-state index >= 15 is 0 Å². The number of amides is 2. The van der Waals surface area contributed by atoms with Gasteiger partial charge < -0.3 is 9.64 Å². The van der Waals surface area contributed by atoms with Gasteiger partial charge in [0, 0.05) is 54.3 Å². The SMILES string of the molecule is O=C(c1ccc(C(F)(F)F)cc1)N(CCN1CCOCC1)CC(=O)N1N=C(c2ccccc2Cl)C[C@H]1c1ccccc1F. The minimum absolute atomic E-state index is 0.00936. The third-order valence-electron chi connectivity index (χ3n) is 7.48. The molecule has 0 saturated carbocycles. The van der Waals surface area contributed by atoms with Crippen molar-refractivity contribution < 1.29 is 31.9 Å². The molecule has 1 fully saturated rings. The van der Waals surface area contributed by atoms with Crippen molar-refractivity contribution in [2.24, 2.45) is 5.10 Å². The van der Waals surface area contributed by atoms with Gasteiger partial charge in [-0.15, -0.1) is 0 Å². The Balaban J connectivity index is 1.43. The van der Waals surface area contributed by atoms with Crippen molar-refractivity contribution in [1.82, 2.24) is 14.8 Å². The lowest BCUT2D eigenvalue weighted by Crippen LogP contribution is -2.46. The van der Waals surface area contributed by atoms with Crippen LogP contribution < -0.4 is 0 Å². The summed E-state index contributed by atoms with van der Waals surface area (Å²) in [5.74, 6) is -1.68. The molecule has 0 N–H and O–H groups in total. The van der Waals surface area contributed by atoms with Gasteiger partial charge in [0.05, 0.1) is 30.5 Å². The molecule has 3 aromatic carbocycles. The first-order chi connectivity index (χ1) is 20.6. The molecule has 2 heterocycles. The van der Waals surface area contributed by atoms with E-state index in [0.717, 1.165) is 24.3 Å². The van der Waals surface area contributed by atoms with Gasteiger partial charge >= 0.3 is 6.18 Å². The number of ether oxygens (including phenoxy) is 1. The van der Waals surface area contributed by atoms with Gasteiger partial charge in [0.15, 0.2) is 0 Å². The molecule has 226 valence electrons. The highest BCUT2D eigenvalue weighted by Crippen LogP contribution is 2.36. The van der Waals surface area contributed by atoms with Crippen molar-refractivity contribution in [1.29, 1.82) is 0 Å². The number of morpholine rings is 1. The first-order valence-corrected chi connectivity index (χ1v) is 14.1. The Labute approximate surface area is 251 Å². The van der Waals surface area contributed by atoms with Crippen LogP contribution in [0.4, 0.5) is 17.6 Å². The molecule has 5 rings (SSSR count). The second-order valence-corrected chi connectivity index (χ2v) is 10.7. The summed E-state index contributed by atoms with van der Waals surface area (Å²) in [6.07, 6.45) is -4.36. The molecule has 7 nitrogen and oxygen atoms in total. The van der Waals surface area contributed by atoms with Gasteiger partial charge in [-0.1, -0.05) is 48.0 Å². The molecule has 2 amide bonds. The molecule has 0 aromatic heterocycles. The second-order valence-electron chi connectivity index (χ2n) is 10.3. The maximum absolute atomic E-state index is 15.0. The Morgan fingerprint density at radius 2 is 1.65 bits per heavy atom. The first kappa shape index (κ1) is 30.7. The molecule has 2 aliphatic heterocycles. The van der Waals surface area contributed by atoms with E-state index in [1.165, 1.54) is 16.0 Å². The highest BCUT2D eigenvalue weighted by atomic mass is 35.5. The summed E-state index contributed by atoms with van der Waals surface area (Å²) in [6.45, 7) is 2.48. The van der Waals surface area contributed by atoms with Crippen LogP contribution >= 0.6 is 11.6 Å². The number of benzene rings is 3. The maximum atomic E-state index is 15.0. The van der Waals surface area contributed by atoms with Gasteiger partial charge in [-0.05, 0) is 36.4 Å². The van der Waals surface area contributed by atoms with Crippen molar-refractivity contribution in [2.75, 3.05) is 45.9 Å². The average Bonchev–Trinajstić information content (AvgIpc) is 3.44. The summed E-state index contributed by atoms with van der Waals surface area (Å²) in [5, 5.41) is 6.15. The van der Waals surface area contributed by atoms with E-state index in [9.17, 15) is 27.2 Å². The molecule has 12 heteroatoms. The number of carbonyl (C=O) groups excluding carboxylic acids is 2. The van der Waals surface area contributed by atoms with Crippen LogP contribution in [-0.4, -0.2) is 78.3 Å². The fourth-order valence-corrected chi connectivity index (χ4v) is 5.39. The Hall–Kier alpha value is -3.80. The molecule has 0 radical (unpaired) electrons. The lowest BCUT2D eigenvalue weighted by molar-refractivity contribution is -0.137. The number of hydrogen-bond acceptors (Lipinski definition) is 5. The first-order valence-electron chi connectivity index (χ1n) is 13.8.